The first-order chi connectivity index (χ1) is 8.36. The highest BCUT2D eigenvalue weighted by Crippen LogP contribution is 2.40. The van der Waals surface area contributed by atoms with Crippen LogP contribution in [0.4, 0.5) is 0 Å². The molecule has 17 heavy (non-hydrogen) atoms. The standard InChI is InChI=1S/C14H22N2S/c1-2-10-4-3-5-11(8-10)14-16-12-6-7-15-9-13(12)17-14/h10-11,15H,2-9H2,1H3. The summed E-state index contributed by atoms with van der Waals surface area (Å²) >= 11 is 1.98. The molecule has 1 aliphatic carbocycles. The van der Waals surface area contributed by atoms with Crippen molar-refractivity contribution in [2.45, 2.75) is 57.9 Å². The lowest BCUT2D eigenvalue weighted by Crippen LogP contribution is -2.22. The minimum Gasteiger partial charge on any atom is -0.311 e. The topological polar surface area (TPSA) is 24.9 Å². The number of hydrogen-bond donors (Lipinski definition) is 1. The lowest BCUT2D eigenvalue weighted by atomic mass is 9.80. The molecule has 0 radical (unpaired) electrons. The van der Waals surface area contributed by atoms with Crippen LogP contribution >= 0.6 is 11.3 Å². The fraction of sp³-hybridized carbons (Fsp3) is 0.786. The second-order valence-corrected chi connectivity index (χ2v) is 6.60. The molecule has 0 spiro atoms. The van der Waals surface area contributed by atoms with E-state index in [-0.39, 0.29) is 0 Å². The summed E-state index contributed by atoms with van der Waals surface area (Å²) < 4.78 is 0. The van der Waals surface area contributed by atoms with Crippen LogP contribution < -0.4 is 5.32 Å². The Balaban J connectivity index is 1.76. The van der Waals surface area contributed by atoms with E-state index in [1.54, 1.807) is 0 Å². The molecule has 2 unspecified atom stereocenters. The van der Waals surface area contributed by atoms with E-state index in [9.17, 15) is 0 Å². The molecule has 1 aliphatic heterocycles. The van der Waals surface area contributed by atoms with Crippen molar-refractivity contribution in [2.75, 3.05) is 6.54 Å². The molecule has 0 amide bonds. The van der Waals surface area contributed by atoms with Crippen molar-refractivity contribution in [2.24, 2.45) is 5.92 Å². The minimum atomic E-state index is 0.768. The molecule has 3 rings (SSSR count). The Morgan fingerprint density at radius 3 is 3.18 bits per heavy atom. The summed E-state index contributed by atoms with van der Waals surface area (Å²) in [7, 11) is 0. The molecule has 2 atom stereocenters. The molecule has 1 saturated carbocycles. The minimum absolute atomic E-state index is 0.768. The lowest BCUT2D eigenvalue weighted by molar-refractivity contribution is 0.314. The van der Waals surface area contributed by atoms with E-state index in [1.165, 1.54) is 47.7 Å². The maximum absolute atomic E-state index is 4.92. The summed E-state index contributed by atoms with van der Waals surface area (Å²) in [6.45, 7) is 4.50. The summed E-state index contributed by atoms with van der Waals surface area (Å²) in [5.74, 6) is 1.72. The zero-order valence-corrected chi connectivity index (χ0v) is 11.5. The van der Waals surface area contributed by atoms with Crippen LogP contribution in [0.3, 0.4) is 0 Å². The van der Waals surface area contributed by atoms with E-state index in [4.69, 9.17) is 4.98 Å². The van der Waals surface area contributed by atoms with Crippen molar-refractivity contribution in [1.82, 2.24) is 10.3 Å². The van der Waals surface area contributed by atoms with Gasteiger partial charge in [0.15, 0.2) is 0 Å². The van der Waals surface area contributed by atoms with Gasteiger partial charge in [-0.15, -0.1) is 11.3 Å². The highest BCUT2D eigenvalue weighted by molar-refractivity contribution is 7.11. The maximum atomic E-state index is 4.92. The third kappa shape index (κ3) is 2.41. The third-order valence-corrected chi connectivity index (χ3v) is 5.59. The van der Waals surface area contributed by atoms with E-state index in [1.807, 2.05) is 11.3 Å². The number of aromatic nitrogens is 1. The summed E-state index contributed by atoms with van der Waals surface area (Å²) in [5, 5.41) is 4.89. The van der Waals surface area contributed by atoms with Gasteiger partial charge in [0.05, 0.1) is 10.7 Å². The predicted molar refractivity (Wildman–Crippen MR) is 72.5 cm³/mol. The van der Waals surface area contributed by atoms with Gasteiger partial charge in [0.2, 0.25) is 0 Å². The average molecular weight is 250 g/mol. The number of nitrogens with one attached hydrogen (secondary N) is 1. The maximum Gasteiger partial charge on any atom is 0.0962 e. The normalized spacial score (nSPS) is 29.0. The summed E-state index contributed by atoms with van der Waals surface area (Å²) in [4.78, 5) is 6.43. The molecule has 1 aromatic rings. The first-order valence-electron chi connectivity index (χ1n) is 7.06. The first kappa shape index (κ1) is 11.7. The van der Waals surface area contributed by atoms with Gasteiger partial charge < -0.3 is 5.32 Å². The molecular weight excluding hydrogens is 228 g/mol. The predicted octanol–water partition coefficient (Wildman–Crippen LogP) is 3.47. The van der Waals surface area contributed by atoms with Gasteiger partial charge in [-0.05, 0) is 18.8 Å². The molecule has 1 N–H and O–H groups in total. The van der Waals surface area contributed by atoms with Gasteiger partial charge in [-0.2, -0.15) is 0 Å². The van der Waals surface area contributed by atoms with Crippen molar-refractivity contribution in [3.63, 3.8) is 0 Å². The van der Waals surface area contributed by atoms with E-state index >= 15 is 0 Å². The van der Waals surface area contributed by atoms with Gasteiger partial charge in [0, 0.05) is 30.3 Å². The van der Waals surface area contributed by atoms with E-state index < -0.39 is 0 Å². The largest absolute Gasteiger partial charge is 0.311 e. The fourth-order valence-corrected chi connectivity index (χ4v) is 4.43. The smallest absolute Gasteiger partial charge is 0.0962 e. The Morgan fingerprint density at radius 1 is 1.41 bits per heavy atom. The van der Waals surface area contributed by atoms with Crippen LogP contribution in [0, 0.1) is 5.92 Å². The van der Waals surface area contributed by atoms with Gasteiger partial charge in [0.1, 0.15) is 0 Å². The van der Waals surface area contributed by atoms with Crippen LogP contribution in [0.2, 0.25) is 0 Å². The number of hydrogen-bond acceptors (Lipinski definition) is 3. The molecule has 2 heterocycles. The molecular formula is C14H22N2S. The van der Waals surface area contributed by atoms with Crippen LogP contribution in [0.1, 0.15) is 60.5 Å². The highest BCUT2D eigenvalue weighted by atomic mass is 32.1. The number of rotatable bonds is 2. The fourth-order valence-electron chi connectivity index (χ4n) is 3.21. The van der Waals surface area contributed by atoms with E-state index in [0.29, 0.717) is 0 Å². The molecule has 3 heteroatoms. The van der Waals surface area contributed by atoms with E-state index in [2.05, 4.69) is 12.2 Å². The lowest BCUT2D eigenvalue weighted by Gasteiger charge is -2.26. The molecule has 0 bridgehead atoms. The summed E-state index contributed by atoms with van der Waals surface area (Å²) in [6.07, 6.45) is 8.09. The Bertz CT molecular complexity index is 362. The number of thiazole rings is 1. The van der Waals surface area contributed by atoms with Gasteiger partial charge >= 0.3 is 0 Å². The van der Waals surface area contributed by atoms with Gasteiger partial charge in [-0.1, -0.05) is 26.2 Å². The molecule has 2 nitrogen and oxygen atoms in total. The number of fused-ring (bicyclic) bond motifs is 1. The molecule has 1 aromatic heterocycles. The van der Waals surface area contributed by atoms with Crippen molar-refractivity contribution < 1.29 is 0 Å². The van der Waals surface area contributed by atoms with Gasteiger partial charge in [0.25, 0.3) is 0 Å². The SMILES string of the molecule is CCC1CCCC(c2nc3c(s2)CNCC3)C1. The zero-order chi connectivity index (χ0) is 11.7. The molecule has 1 fully saturated rings. The Hall–Kier alpha value is -0.410. The van der Waals surface area contributed by atoms with E-state index in [0.717, 1.165) is 31.3 Å². The third-order valence-electron chi connectivity index (χ3n) is 4.33. The quantitative estimate of drug-likeness (QED) is 0.869. The highest BCUT2D eigenvalue weighted by Gasteiger charge is 2.26. The monoisotopic (exact) mass is 250 g/mol. The van der Waals surface area contributed by atoms with Crippen molar-refractivity contribution in [3.8, 4) is 0 Å². The second kappa shape index (κ2) is 5.07. The van der Waals surface area contributed by atoms with Gasteiger partial charge in [-0.25, -0.2) is 4.98 Å². The molecule has 2 aliphatic rings. The van der Waals surface area contributed by atoms with Crippen LogP contribution in [0.5, 0.6) is 0 Å². The van der Waals surface area contributed by atoms with Crippen LogP contribution in [-0.4, -0.2) is 11.5 Å². The Morgan fingerprint density at radius 2 is 2.35 bits per heavy atom. The zero-order valence-electron chi connectivity index (χ0n) is 10.7. The van der Waals surface area contributed by atoms with Crippen molar-refractivity contribution >= 4 is 11.3 Å². The van der Waals surface area contributed by atoms with Gasteiger partial charge in [-0.3, -0.25) is 0 Å². The second-order valence-electron chi connectivity index (χ2n) is 5.49. The average Bonchev–Trinajstić information content (AvgIpc) is 2.82. The van der Waals surface area contributed by atoms with Crippen molar-refractivity contribution in [3.05, 3.63) is 15.6 Å². The van der Waals surface area contributed by atoms with Crippen LogP contribution in [0.15, 0.2) is 0 Å². The Kier molecular flexibility index (Phi) is 3.48. The molecule has 94 valence electrons. The number of nitrogens with zero attached hydrogens (tertiary/aromatic N) is 1. The summed E-state index contributed by atoms with van der Waals surface area (Å²) in [6, 6.07) is 0. The summed E-state index contributed by atoms with van der Waals surface area (Å²) in [5.41, 5.74) is 1.39. The Labute approximate surface area is 108 Å². The first-order valence-corrected chi connectivity index (χ1v) is 7.87. The van der Waals surface area contributed by atoms with Crippen molar-refractivity contribution in [1.29, 1.82) is 0 Å². The van der Waals surface area contributed by atoms with Crippen LogP contribution in [-0.2, 0) is 13.0 Å². The van der Waals surface area contributed by atoms with Crippen LogP contribution in [0.25, 0.3) is 0 Å². The molecule has 0 aromatic carbocycles. The molecule has 0 saturated heterocycles.